The molecule has 0 amide bonds. The maximum absolute atomic E-state index is 8.79. The highest BCUT2D eigenvalue weighted by Gasteiger charge is 1.91. The van der Waals surface area contributed by atoms with Crippen molar-refractivity contribution >= 4 is 0 Å². The van der Waals surface area contributed by atoms with E-state index in [0.29, 0.717) is 13.2 Å². The summed E-state index contributed by atoms with van der Waals surface area (Å²) >= 11 is 0. The maximum atomic E-state index is 8.79. The third-order valence-corrected chi connectivity index (χ3v) is 1.01. The molecule has 0 saturated carbocycles. The number of hydrogen-bond donors (Lipinski definition) is 1. The second-order valence-electron chi connectivity index (χ2n) is 2.34. The van der Waals surface area contributed by atoms with E-state index in [2.05, 4.69) is 0 Å². The van der Waals surface area contributed by atoms with Gasteiger partial charge < -0.3 is 9.84 Å². The SMILES string of the molecule is C/C=C/C=C/COCC(C)O. The van der Waals surface area contributed by atoms with Crippen LogP contribution in [0.2, 0.25) is 0 Å². The Hall–Kier alpha value is -0.600. The molecule has 0 spiro atoms. The zero-order valence-electron chi connectivity index (χ0n) is 7.16. The highest BCUT2D eigenvalue weighted by atomic mass is 16.5. The van der Waals surface area contributed by atoms with Gasteiger partial charge in [0.15, 0.2) is 0 Å². The van der Waals surface area contributed by atoms with E-state index in [4.69, 9.17) is 9.84 Å². The minimum absolute atomic E-state index is 0.370. The molecule has 0 aliphatic heterocycles. The van der Waals surface area contributed by atoms with E-state index in [1.54, 1.807) is 6.92 Å². The summed E-state index contributed by atoms with van der Waals surface area (Å²) in [5.41, 5.74) is 0. The minimum atomic E-state index is -0.370. The quantitative estimate of drug-likeness (QED) is 0.483. The Morgan fingerprint density at radius 1 is 1.45 bits per heavy atom. The van der Waals surface area contributed by atoms with E-state index >= 15 is 0 Å². The summed E-state index contributed by atoms with van der Waals surface area (Å²) in [5.74, 6) is 0. The third kappa shape index (κ3) is 9.40. The van der Waals surface area contributed by atoms with Crippen molar-refractivity contribution in [1.82, 2.24) is 0 Å². The molecule has 1 atom stereocenters. The maximum Gasteiger partial charge on any atom is 0.0745 e. The lowest BCUT2D eigenvalue weighted by Crippen LogP contribution is -2.09. The van der Waals surface area contributed by atoms with Crippen LogP contribution in [0.1, 0.15) is 13.8 Å². The number of ether oxygens (including phenoxy) is 1. The van der Waals surface area contributed by atoms with Gasteiger partial charge in [-0.25, -0.2) is 0 Å². The summed E-state index contributed by atoms with van der Waals surface area (Å²) < 4.78 is 5.07. The standard InChI is InChI=1S/C9H16O2/c1-3-4-5-6-7-11-8-9(2)10/h3-6,9-10H,7-8H2,1-2H3/b4-3+,6-5+. The van der Waals surface area contributed by atoms with Crippen molar-refractivity contribution < 1.29 is 9.84 Å². The summed E-state index contributed by atoms with van der Waals surface area (Å²) in [5, 5.41) is 8.79. The molecule has 0 aromatic heterocycles. The van der Waals surface area contributed by atoms with Gasteiger partial charge in [0.05, 0.1) is 19.3 Å². The highest BCUT2D eigenvalue weighted by molar-refractivity contribution is 5.00. The molecule has 0 aromatic rings. The molecule has 0 radical (unpaired) electrons. The Bertz CT molecular complexity index is 126. The van der Waals surface area contributed by atoms with Crippen molar-refractivity contribution in [2.24, 2.45) is 0 Å². The molecule has 0 heterocycles. The first-order valence-electron chi connectivity index (χ1n) is 3.81. The molecule has 0 fully saturated rings. The van der Waals surface area contributed by atoms with Crippen molar-refractivity contribution in [3.63, 3.8) is 0 Å². The van der Waals surface area contributed by atoms with Gasteiger partial charge in [-0.05, 0) is 13.8 Å². The Labute approximate surface area is 68.2 Å². The Morgan fingerprint density at radius 3 is 2.73 bits per heavy atom. The van der Waals surface area contributed by atoms with Crippen LogP contribution in [0.3, 0.4) is 0 Å². The lowest BCUT2D eigenvalue weighted by atomic mass is 10.4. The van der Waals surface area contributed by atoms with Crippen molar-refractivity contribution in [1.29, 1.82) is 0 Å². The van der Waals surface area contributed by atoms with Crippen molar-refractivity contribution in [3.8, 4) is 0 Å². The van der Waals surface area contributed by atoms with Crippen molar-refractivity contribution in [2.45, 2.75) is 20.0 Å². The van der Waals surface area contributed by atoms with Crippen LogP contribution in [-0.4, -0.2) is 24.4 Å². The fraction of sp³-hybridized carbons (Fsp3) is 0.556. The molecule has 1 N–H and O–H groups in total. The topological polar surface area (TPSA) is 29.5 Å². The van der Waals surface area contributed by atoms with Gasteiger partial charge in [-0.3, -0.25) is 0 Å². The molecule has 0 rings (SSSR count). The molecule has 0 saturated heterocycles. The minimum Gasteiger partial charge on any atom is -0.391 e. The first-order valence-corrected chi connectivity index (χ1v) is 3.81. The van der Waals surface area contributed by atoms with Crippen LogP contribution in [0.25, 0.3) is 0 Å². The number of hydrogen-bond acceptors (Lipinski definition) is 2. The van der Waals surface area contributed by atoms with Gasteiger partial charge in [-0.2, -0.15) is 0 Å². The number of allylic oxidation sites excluding steroid dienone is 3. The molecule has 64 valence electrons. The predicted octanol–water partition coefficient (Wildman–Crippen LogP) is 1.52. The van der Waals surface area contributed by atoms with E-state index in [1.165, 1.54) is 0 Å². The summed E-state index contributed by atoms with van der Waals surface area (Å²) in [6.07, 6.45) is 7.34. The highest BCUT2D eigenvalue weighted by Crippen LogP contribution is 1.84. The van der Waals surface area contributed by atoms with Gasteiger partial charge in [0, 0.05) is 0 Å². The second kappa shape index (κ2) is 7.51. The first kappa shape index (κ1) is 10.4. The molecule has 0 aliphatic carbocycles. The molecular weight excluding hydrogens is 140 g/mol. The molecule has 2 nitrogen and oxygen atoms in total. The summed E-state index contributed by atoms with van der Waals surface area (Å²) in [4.78, 5) is 0. The van der Waals surface area contributed by atoms with E-state index in [-0.39, 0.29) is 6.10 Å². The van der Waals surface area contributed by atoms with E-state index < -0.39 is 0 Å². The molecule has 11 heavy (non-hydrogen) atoms. The van der Waals surface area contributed by atoms with Crippen LogP contribution >= 0.6 is 0 Å². The summed E-state index contributed by atoms with van der Waals surface area (Å²) in [6.45, 7) is 4.63. The van der Waals surface area contributed by atoms with Crippen LogP contribution in [0.4, 0.5) is 0 Å². The summed E-state index contributed by atoms with van der Waals surface area (Å²) in [7, 11) is 0. The van der Waals surface area contributed by atoms with Crippen molar-refractivity contribution in [3.05, 3.63) is 24.3 Å². The molecule has 0 bridgehead atoms. The lowest BCUT2D eigenvalue weighted by molar-refractivity contribution is 0.0599. The fourth-order valence-electron chi connectivity index (χ4n) is 0.552. The molecule has 0 aromatic carbocycles. The average molecular weight is 156 g/mol. The number of rotatable bonds is 5. The van der Waals surface area contributed by atoms with Crippen LogP contribution < -0.4 is 0 Å². The molecule has 2 heteroatoms. The molecule has 1 unspecified atom stereocenters. The third-order valence-electron chi connectivity index (χ3n) is 1.01. The summed E-state index contributed by atoms with van der Waals surface area (Å²) in [6, 6.07) is 0. The largest absolute Gasteiger partial charge is 0.391 e. The normalized spacial score (nSPS) is 14.8. The Kier molecular flexibility index (Phi) is 7.10. The average Bonchev–Trinajstić information content (AvgIpc) is 1.96. The smallest absolute Gasteiger partial charge is 0.0745 e. The van der Waals surface area contributed by atoms with Gasteiger partial charge >= 0.3 is 0 Å². The van der Waals surface area contributed by atoms with Gasteiger partial charge in [0.2, 0.25) is 0 Å². The lowest BCUT2D eigenvalue weighted by Gasteiger charge is -2.01. The zero-order chi connectivity index (χ0) is 8.53. The Balaban J connectivity index is 3.14. The van der Waals surface area contributed by atoms with E-state index in [0.717, 1.165) is 0 Å². The van der Waals surface area contributed by atoms with E-state index in [1.807, 2.05) is 31.2 Å². The van der Waals surface area contributed by atoms with Gasteiger partial charge in [-0.15, -0.1) is 0 Å². The fourth-order valence-corrected chi connectivity index (χ4v) is 0.552. The van der Waals surface area contributed by atoms with Crippen LogP contribution in [0.5, 0.6) is 0 Å². The van der Waals surface area contributed by atoms with E-state index in [9.17, 15) is 0 Å². The zero-order valence-corrected chi connectivity index (χ0v) is 7.16. The molecule has 0 aliphatic rings. The van der Waals surface area contributed by atoms with Crippen LogP contribution in [0.15, 0.2) is 24.3 Å². The first-order chi connectivity index (χ1) is 5.27. The predicted molar refractivity (Wildman–Crippen MR) is 46.5 cm³/mol. The number of aliphatic hydroxyl groups excluding tert-OH is 1. The van der Waals surface area contributed by atoms with Crippen LogP contribution in [-0.2, 0) is 4.74 Å². The Morgan fingerprint density at radius 2 is 2.18 bits per heavy atom. The van der Waals surface area contributed by atoms with Crippen LogP contribution in [0, 0.1) is 0 Å². The molecular formula is C9H16O2. The van der Waals surface area contributed by atoms with Gasteiger partial charge in [0.1, 0.15) is 0 Å². The second-order valence-corrected chi connectivity index (χ2v) is 2.34. The number of aliphatic hydroxyl groups is 1. The van der Waals surface area contributed by atoms with Gasteiger partial charge in [0.25, 0.3) is 0 Å². The van der Waals surface area contributed by atoms with Gasteiger partial charge in [-0.1, -0.05) is 24.3 Å². The monoisotopic (exact) mass is 156 g/mol. The van der Waals surface area contributed by atoms with Crippen molar-refractivity contribution in [2.75, 3.05) is 13.2 Å².